The number of anilines is 1. The van der Waals surface area contributed by atoms with Crippen molar-refractivity contribution in [3.63, 3.8) is 0 Å². The maximum absolute atomic E-state index is 12.7. The van der Waals surface area contributed by atoms with Crippen LogP contribution in [0.2, 0.25) is 5.15 Å². The SMILES string of the molecule is CC1OC2(CCN(CCc3ccc(Cl)nc3)CC2)CN(c2ccccc2)C1=O. The Kier molecular flexibility index (Phi) is 5.67. The molecule has 0 bridgehead atoms. The number of para-hydroxylation sites is 1. The van der Waals surface area contributed by atoms with Gasteiger partial charge in [0.2, 0.25) is 0 Å². The zero-order valence-corrected chi connectivity index (χ0v) is 16.9. The first-order valence-corrected chi connectivity index (χ1v) is 10.3. The van der Waals surface area contributed by atoms with Crippen LogP contribution in [0.15, 0.2) is 48.7 Å². The minimum atomic E-state index is -0.402. The van der Waals surface area contributed by atoms with Gasteiger partial charge in [-0.2, -0.15) is 0 Å². The molecule has 2 saturated heterocycles. The van der Waals surface area contributed by atoms with Crippen LogP contribution in [-0.2, 0) is 16.0 Å². The van der Waals surface area contributed by atoms with Crippen LogP contribution in [0, 0.1) is 0 Å². The molecule has 1 aromatic carbocycles. The van der Waals surface area contributed by atoms with Gasteiger partial charge in [0.15, 0.2) is 0 Å². The molecule has 1 amide bonds. The summed E-state index contributed by atoms with van der Waals surface area (Å²) in [6.45, 7) is 5.46. The summed E-state index contributed by atoms with van der Waals surface area (Å²) in [5, 5.41) is 0.532. The van der Waals surface area contributed by atoms with E-state index in [4.69, 9.17) is 16.3 Å². The van der Waals surface area contributed by atoms with Gasteiger partial charge in [-0.3, -0.25) is 4.79 Å². The van der Waals surface area contributed by atoms with Crippen LogP contribution in [0.1, 0.15) is 25.3 Å². The highest BCUT2D eigenvalue weighted by Crippen LogP contribution is 2.35. The largest absolute Gasteiger partial charge is 0.360 e. The van der Waals surface area contributed by atoms with Gasteiger partial charge >= 0.3 is 0 Å². The lowest BCUT2D eigenvalue weighted by Gasteiger charge is -2.49. The van der Waals surface area contributed by atoms with Crippen LogP contribution < -0.4 is 4.90 Å². The summed E-state index contributed by atoms with van der Waals surface area (Å²) in [7, 11) is 0. The molecule has 3 heterocycles. The highest BCUT2D eigenvalue weighted by Gasteiger charge is 2.45. The molecule has 28 heavy (non-hydrogen) atoms. The van der Waals surface area contributed by atoms with Gasteiger partial charge in [0.25, 0.3) is 5.91 Å². The Morgan fingerprint density at radius 1 is 1.18 bits per heavy atom. The molecule has 2 aliphatic heterocycles. The highest BCUT2D eigenvalue weighted by atomic mass is 35.5. The first kappa shape index (κ1) is 19.4. The fourth-order valence-corrected chi connectivity index (χ4v) is 4.29. The van der Waals surface area contributed by atoms with Gasteiger partial charge < -0.3 is 14.5 Å². The fraction of sp³-hybridized carbons (Fsp3) is 0.455. The Hall–Kier alpha value is -1.95. The van der Waals surface area contributed by atoms with Crippen LogP contribution in [0.25, 0.3) is 0 Å². The average Bonchev–Trinajstić information content (AvgIpc) is 2.72. The Balaban J connectivity index is 1.37. The topological polar surface area (TPSA) is 45.7 Å². The molecule has 4 rings (SSSR count). The van der Waals surface area contributed by atoms with Crippen molar-refractivity contribution < 1.29 is 9.53 Å². The van der Waals surface area contributed by atoms with Gasteiger partial charge in [-0.15, -0.1) is 0 Å². The monoisotopic (exact) mass is 399 g/mol. The highest BCUT2D eigenvalue weighted by molar-refractivity contribution is 6.29. The van der Waals surface area contributed by atoms with Crippen LogP contribution in [0.5, 0.6) is 0 Å². The number of piperidine rings is 1. The number of ether oxygens (including phenoxy) is 1. The summed E-state index contributed by atoms with van der Waals surface area (Å²) in [6.07, 6.45) is 4.28. The lowest BCUT2D eigenvalue weighted by molar-refractivity contribution is -0.161. The predicted octanol–water partition coefficient (Wildman–Crippen LogP) is 3.56. The number of hydrogen-bond donors (Lipinski definition) is 0. The second-order valence-electron chi connectivity index (χ2n) is 7.78. The number of halogens is 1. The van der Waals surface area contributed by atoms with Crippen LogP contribution >= 0.6 is 11.6 Å². The number of nitrogens with zero attached hydrogens (tertiary/aromatic N) is 3. The Bertz CT molecular complexity index is 804. The van der Waals surface area contributed by atoms with E-state index in [1.807, 2.05) is 60.5 Å². The number of aromatic nitrogens is 1. The van der Waals surface area contributed by atoms with Crippen molar-refractivity contribution in [2.45, 2.75) is 37.9 Å². The lowest BCUT2D eigenvalue weighted by Crippen LogP contribution is -2.61. The van der Waals surface area contributed by atoms with Gasteiger partial charge in [0.1, 0.15) is 11.3 Å². The summed E-state index contributed by atoms with van der Waals surface area (Å²) >= 11 is 5.86. The average molecular weight is 400 g/mol. The van der Waals surface area contributed by atoms with Crippen molar-refractivity contribution in [2.24, 2.45) is 0 Å². The van der Waals surface area contributed by atoms with E-state index in [2.05, 4.69) is 9.88 Å². The zero-order valence-electron chi connectivity index (χ0n) is 16.2. The molecular formula is C22H26ClN3O2. The summed E-state index contributed by atoms with van der Waals surface area (Å²) in [5.41, 5.74) is 1.91. The van der Waals surface area contributed by atoms with Crippen LogP contribution in [-0.4, -0.2) is 53.7 Å². The number of morpholine rings is 1. The third-order valence-corrected chi connectivity index (χ3v) is 6.05. The first-order chi connectivity index (χ1) is 13.5. The van der Waals surface area contributed by atoms with Gasteiger partial charge in [-0.1, -0.05) is 35.9 Å². The van der Waals surface area contributed by atoms with Crippen LogP contribution in [0.3, 0.4) is 0 Å². The third kappa shape index (κ3) is 4.22. The molecule has 0 N–H and O–H groups in total. The maximum Gasteiger partial charge on any atom is 0.255 e. The number of rotatable bonds is 4. The fourth-order valence-electron chi connectivity index (χ4n) is 4.18. The van der Waals surface area contributed by atoms with E-state index < -0.39 is 6.10 Å². The van der Waals surface area contributed by atoms with Crippen molar-refractivity contribution >= 4 is 23.2 Å². The van der Waals surface area contributed by atoms with Crippen molar-refractivity contribution in [1.82, 2.24) is 9.88 Å². The minimum absolute atomic E-state index is 0.0505. The normalized spacial score (nSPS) is 22.6. The van der Waals surface area contributed by atoms with E-state index >= 15 is 0 Å². The molecular weight excluding hydrogens is 374 g/mol. The first-order valence-electron chi connectivity index (χ1n) is 9.92. The van der Waals surface area contributed by atoms with E-state index in [0.717, 1.165) is 44.6 Å². The van der Waals surface area contributed by atoms with E-state index in [1.165, 1.54) is 5.56 Å². The van der Waals surface area contributed by atoms with Crippen molar-refractivity contribution in [2.75, 3.05) is 31.1 Å². The molecule has 1 unspecified atom stereocenters. The molecule has 1 aromatic heterocycles. The number of carbonyl (C=O) groups is 1. The molecule has 2 aliphatic rings. The van der Waals surface area contributed by atoms with E-state index in [-0.39, 0.29) is 11.5 Å². The Labute approximate surface area is 171 Å². The lowest BCUT2D eigenvalue weighted by atomic mass is 9.88. The molecule has 1 spiro atoms. The van der Waals surface area contributed by atoms with E-state index in [1.54, 1.807) is 0 Å². The summed E-state index contributed by atoms with van der Waals surface area (Å²) in [6, 6.07) is 13.8. The van der Waals surface area contributed by atoms with Gasteiger partial charge in [0.05, 0.1) is 12.1 Å². The number of carbonyl (C=O) groups excluding carboxylic acids is 1. The molecule has 1 atom stereocenters. The Morgan fingerprint density at radius 3 is 2.61 bits per heavy atom. The predicted molar refractivity (Wildman–Crippen MR) is 111 cm³/mol. The van der Waals surface area contributed by atoms with Crippen molar-refractivity contribution in [3.05, 3.63) is 59.4 Å². The smallest absolute Gasteiger partial charge is 0.255 e. The van der Waals surface area contributed by atoms with Crippen molar-refractivity contribution in [3.8, 4) is 0 Å². The van der Waals surface area contributed by atoms with Crippen LogP contribution in [0.4, 0.5) is 5.69 Å². The maximum atomic E-state index is 12.7. The molecule has 0 saturated carbocycles. The summed E-state index contributed by atoms with van der Waals surface area (Å²) < 4.78 is 6.26. The molecule has 2 fully saturated rings. The molecule has 6 heteroatoms. The zero-order chi connectivity index (χ0) is 19.6. The number of likely N-dealkylation sites (tertiary alicyclic amines) is 1. The molecule has 5 nitrogen and oxygen atoms in total. The Morgan fingerprint density at radius 2 is 1.93 bits per heavy atom. The van der Waals surface area contributed by atoms with Gasteiger partial charge in [-0.05, 0) is 49.9 Å². The second-order valence-corrected chi connectivity index (χ2v) is 8.17. The number of hydrogen-bond acceptors (Lipinski definition) is 4. The molecule has 148 valence electrons. The second kappa shape index (κ2) is 8.19. The third-order valence-electron chi connectivity index (χ3n) is 5.83. The number of benzene rings is 1. The van der Waals surface area contributed by atoms with Gasteiger partial charge in [0, 0.05) is 31.5 Å². The standard InChI is InChI=1S/C22H26ClN3O2/c1-17-21(27)26(19-5-3-2-4-6-19)16-22(28-17)10-13-25(14-11-22)12-9-18-7-8-20(23)24-15-18/h2-8,15,17H,9-14,16H2,1H3. The molecule has 2 aromatic rings. The number of pyridine rings is 1. The minimum Gasteiger partial charge on any atom is -0.360 e. The summed E-state index contributed by atoms with van der Waals surface area (Å²) in [5.74, 6) is 0.0505. The van der Waals surface area contributed by atoms with E-state index in [0.29, 0.717) is 11.7 Å². The molecule has 0 radical (unpaired) electrons. The summed E-state index contributed by atoms with van der Waals surface area (Å²) in [4.78, 5) is 21.2. The quantitative estimate of drug-likeness (QED) is 0.737. The van der Waals surface area contributed by atoms with Gasteiger partial charge in [-0.25, -0.2) is 4.98 Å². The van der Waals surface area contributed by atoms with E-state index in [9.17, 15) is 4.79 Å². The van der Waals surface area contributed by atoms with Crippen molar-refractivity contribution in [1.29, 1.82) is 0 Å². The number of amides is 1. The molecule has 0 aliphatic carbocycles.